The Bertz CT molecular complexity index is 719. The molecule has 1 aromatic carbocycles. The third-order valence-corrected chi connectivity index (χ3v) is 7.23. The van der Waals surface area contributed by atoms with Crippen LogP contribution in [0.15, 0.2) is 24.3 Å². The largest absolute Gasteiger partial charge is 0.340 e. The summed E-state index contributed by atoms with van der Waals surface area (Å²) in [4.78, 5) is 28.5. The highest BCUT2D eigenvalue weighted by Crippen LogP contribution is 2.42. The summed E-state index contributed by atoms with van der Waals surface area (Å²) < 4.78 is 0. The normalized spacial score (nSPS) is 29.1. The van der Waals surface area contributed by atoms with E-state index in [0.717, 1.165) is 51.3 Å². The van der Waals surface area contributed by atoms with Crippen LogP contribution in [0.2, 0.25) is 0 Å². The van der Waals surface area contributed by atoms with Gasteiger partial charge in [-0.3, -0.25) is 14.5 Å². The molecule has 30 heavy (non-hydrogen) atoms. The summed E-state index contributed by atoms with van der Waals surface area (Å²) in [6.07, 6.45) is 5.50. The number of benzene rings is 1. The van der Waals surface area contributed by atoms with E-state index in [1.165, 1.54) is 24.8 Å². The summed E-state index contributed by atoms with van der Waals surface area (Å²) in [5, 5.41) is 3.13. The Morgan fingerprint density at radius 1 is 1.03 bits per heavy atom. The molecule has 1 aromatic rings. The lowest BCUT2D eigenvalue weighted by Gasteiger charge is -2.43. The number of halogens is 1. The van der Waals surface area contributed by atoms with E-state index in [2.05, 4.69) is 22.3 Å². The number of nitrogens with zero attached hydrogens (tertiary/aromatic N) is 2. The Labute approximate surface area is 186 Å². The van der Waals surface area contributed by atoms with Crippen molar-refractivity contribution in [3.63, 3.8) is 0 Å². The molecule has 166 valence electrons. The van der Waals surface area contributed by atoms with Crippen LogP contribution >= 0.6 is 12.4 Å². The average Bonchev–Trinajstić information content (AvgIpc) is 2.69. The lowest BCUT2D eigenvalue weighted by molar-refractivity contribution is -0.130. The molecule has 1 aliphatic heterocycles. The van der Waals surface area contributed by atoms with Gasteiger partial charge in [0.05, 0.1) is 0 Å². The van der Waals surface area contributed by atoms with Gasteiger partial charge < -0.3 is 16.0 Å². The van der Waals surface area contributed by atoms with E-state index in [1.807, 2.05) is 17.0 Å². The van der Waals surface area contributed by atoms with Crippen LogP contribution in [0.25, 0.3) is 0 Å². The van der Waals surface area contributed by atoms with Gasteiger partial charge in [0.25, 0.3) is 0 Å². The molecule has 2 aliphatic carbocycles. The first-order chi connectivity index (χ1) is 14.0. The maximum Gasteiger partial charge on any atom is 0.227 e. The molecule has 2 bridgehead atoms. The van der Waals surface area contributed by atoms with Crippen LogP contribution < -0.4 is 11.1 Å². The van der Waals surface area contributed by atoms with E-state index in [4.69, 9.17) is 5.73 Å². The molecule has 0 aromatic heterocycles. The van der Waals surface area contributed by atoms with Crippen molar-refractivity contribution in [2.45, 2.75) is 51.6 Å². The second-order valence-corrected chi connectivity index (χ2v) is 9.17. The highest BCUT2D eigenvalue weighted by molar-refractivity contribution is 5.92. The zero-order valence-corrected chi connectivity index (χ0v) is 18.7. The predicted molar refractivity (Wildman–Crippen MR) is 121 cm³/mol. The van der Waals surface area contributed by atoms with Crippen molar-refractivity contribution in [1.82, 2.24) is 9.80 Å². The van der Waals surface area contributed by atoms with Crippen molar-refractivity contribution < 1.29 is 9.59 Å². The van der Waals surface area contributed by atoms with Crippen LogP contribution in [0.5, 0.6) is 0 Å². The Kier molecular flexibility index (Phi) is 7.77. The highest BCUT2D eigenvalue weighted by atomic mass is 35.5. The molecule has 2 amide bonds. The number of hydrogen-bond donors (Lipinski definition) is 2. The van der Waals surface area contributed by atoms with Crippen molar-refractivity contribution in [3.05, 3.63) is 29.8 Å². The number of amides is 2. The lowest BCUT2D eigenvalue weighted by Crippen LogP contribution is -2.48. The van der Waals surface area contributed by atoms with E-state index in [-0.39, 0.29) is 30.1 Å². The molecule has 6 nitrogen and oxygen atoms in total. The number of carbonyl (C=O) groups is 2. The van der Waals surface area contributed by atoms with Gasteiger partial charge in [0.1, 0.15) is 0 Å². The van der Waals surface area contributed by atoms with Crippen LogP contribution in [0.4, 0.5) is 5.69 Å². The SMILES string of the molecule is CC(=O)N1CCN(Cc2ccc(NC(=O)C3CC4CCCC(C3)C4N)cc2)CC1.Cl. The number of nitrogens with one attached hydrogen (secondary N) is 1. The Hall–Kier alpha value is -1.63. The first-order valence-corrected chi connectivity index (χ1v) is 11.1. The van der Waals surface area contributed by atoms with Crippen LogP contribution in [0.1, 0.15) is 44.6 Å². The second kappa shape index (κ2) is 10.1. The van der Waals surface area contributed by atoms with Gasteiger partial charge in [-0.1, -0.05) is 18.6 Å². The molecular formula is C23H35ClN4O2. The molecule has 1 heterocycles. The number of nitrogens with two attached hydrogens (primary N) is 1. The summed E-state index contributed by atoms with van der Waals surface area (Å²) in [6.45, 7) is 5.93. The maximum absolute atomic E-state index is 12.8. The van der Waals surface area contributed by atoms with E-state index in [0.29, 0.717) is 17.9 Å². The summed E-state index contributed by atoms with van der Waals surface area (Å²) in [7, 11) is 0. The van der Waals surface area contributed by atoms with Gasteiger partial charge >= 0.3 is 0 Å². The quantitative estimate of drug-likeness (QED) is 0.763. The molecule has 2 unspecified atom stereocenters. The number of rotatable bonds is 4. The Morgan fingerprint density at radius 2 is 1.63 bits per heavy atom. The first kappa shape index (κ1) is 23.0. The number of hydrogen-bond acceptors (Lipinski definition) is 4. The topological polar surface area (TPSA) is 78.7 Å². The van der Waals surface area contributed by atoms with E-state index >= 15 is 0 Å². The minimum atomic E-state index is 0. The fourth-order valence-corrected chi connectivity index (χ4v) is 5.42. The molecular weight excluding hydrogens is 400 g/mol. The van der Waals surface area contributed by atoms with Gasteiger partial charge in [-0.05, 0) is 55.2 Å². The Morgan fingerprint density at radius 3 is 2.20 bits per heavy atom. The van der Waals surface area contributed by atoms with Gasteiger partial charge in [0, 0.05) is 57.3 Å². The average molecular weight is 435 g/mol. The van der Waals surface area contributed by atoms with Gasteiger partial charge in [0.15, 0.2) is 0 Å². The van der Waals surface area contributed by atoms with Gasteiger partial charge in [-0.15, -0.1) is 12.4 Å². The summed E-state index contributed by atoms with van der Waals surface area (Å²) in [6, 6.07) is 8.50. The summed E-state index contributed by atoms with van der Waals surface area (Å²) in [5.74, 6) is 1.45. The number of carbonyl (C=O) groups excluding carboxylic acids is 2. The number of fused-ring (bicyclic) bond motifs is 2. The fourth-order valence-electron chi connectivity index (χ4n) is 5.42. The molecule has 1 saturated heterocycles. The molecule has 2 atom stereocenters. The zero-order valence-electron chi connectivity index (χ0n) is 17.9. The summed E-state index contributed by atoms with van der Waals surface area (Å²) in [5.41, 5.74) is 8.47. The van der Waals surface area contributed by atoms with E-state index in [9.17, 15) is 9.59 Å². The molecule has 3 N–H and O–H groups in total. The van der Waals surface area contributed by atoms with Crippen molar-refractivity contribution >= 4 is 29.9 Å². The van der Waals surface area contributed by atoms with Crippen LogP contribution in [0, 0.1) is 17.8 Å². The van der Waals surface area contributed by atoms with Crippen molar-refractivity contribution in [2.75, 3.05) is 31.5 Å². The molecule has 0 spiro atoms. The molecule has 3 aliphatic rings. The van der Waals surface area contributed by atoms with Gasteiger partial charge in [0.2, 0.25) is 11.8 Å². The molecule has 0 radical (unpaired) electrons. The first-order valence-electron chi connectivity index (χ1n) is 11.1. The zero-order chi connectivity index (χ0) is 20.4. The maximum atomic E-state index is 12.8. The van der Waals surface area contributed by atoms with Crippen LogP contribution in [0.3, 0.4) is 0 Å². The van der Waals surface area contributed by atoms with Gasteiger partial charge in [-0.25, -0.2) is 0 Å². The fraction of sp³-hybridized carbons (Fsp3) is 0.652. The monoisotopic (exact) mass is 434 g/mol. The smallest absolute Gasteiger partial charge is 0.227 e. The number of piperazine rings is 1. The third-order valence-electron chi connectivity index (χ3n) is 7.23. The minimum absolute atomic E-state index is 0. The predicted octanol–water partition coefficient (Wildman–Crippen LogP) is 2.86. The van der Waals surface area contributed by atoms with Crippen LogP contribution in [-0.2, 0) is 16.1 Å². The van der Waals surface area contributed by atoms with Crippen molar-refractivity contribution in [3.8, 4) is 0 Å². The standard InChI is InChI=1S/C23H34N4O2.ClH/c1-16(28)27-11-9-26(10-12-27)15-17-5-7-21(8-6-17)25-23(29)20-13-18-3-2-4-19(14-20)22(18)24;/h5-8,18-20,22H,2-4,9-15,24H2,1H3,(H,25,29);1H. The molecule has 2 saturated carbocycles. The lowest BCUT2D eigenvalue weighted by atomic mass is 9.65. The molecule has 4 rings (SSSR count). The molecule has 3 fully saturated rings. The highest BCUT2D eigenvalue weighted by Gasteiger charge is 2.40. The van der Waals surface area contributed by atoms with E-state index in [1.54, 1.807) is 6.92 Å². The van der Waals surface area contributed by atoms with Crippen LogP contribution in [-0.4, -0.2) is 53.8 Å². The minimum Gasteiger partial charge on any atom is -0.340 e. The van der Waals surface area contributed by atoms with Gasteiger partial charge in [-0.2, -0.15) is 0 Å². The third kappa shape index (κ3) is 5.34. The van der Waals surface area contributed by atoms with Crippen molar-refractivity contribution in [1.29, 1.82) is 0 Å². The Balaban J connectivity index is 0.00000256. The molecule has 7 heteroatoms. The summed E-state index contributed by atoms with van der Waals surface area (Å²) >= 11 is 0. The second-order valence-electron chi connectivity index (χ2n) is 9.17. The number of anilines is 1. The van der Waals surface area contributed by atoms with Crippen molar-refractivity contribution in [2.24, 2.45) is 23.5 Å². The van der Waals surface area contributed by atoms with E-state index < -0.39 is 0 Å².